The van der Waals surface area contributed by atoms with Crippen LogP contribution < -0.4 is 15.5 Å². The molecule has 2 aromatic carbocycles. The first kappa shape index (κ1) is 17.8. The van der Waals surface area contributed by atoms with Crippen LogP contribution >= 0.6 is 15.9 Å². The number of rotatable bonds is 6. The molecule has 1 unspecified atom stereocenters. The zero-order valence-corrected chi connectivity index (χ0v) is 14.9. The predicted octanol–water partition coefficient (Wildman–Crippen LogP) is 3.11. The van der Waals surface area contributed by atoms with Crippen molar-refractivity contribution in [3.05, 3.63) is 52.5 Å². The molecule has 0 radical (unpaired) electrons. The zero-order valence-electron chi connectivity index (χ0n) is 13.3. The minimum atomic E-state index is -0.470. The molecule has 1 amide bonds. The van der Waals surface area contributed by atoms with Crippen molar-refractivity contribution in [1.29, 1.82) is 0 Å². The number of phenolic OH excluding ortho intramolecular Hbond substituents is 1. The standard InChI is InChI=1S/C17H18BrN3O3/c1-11(20-14-8-6-13(18)7-9-14)17(23)21-19-10-12-4-3-5-15(24-2)16(12)22/h3-11,20,22H,1-2H3,(H,21,23). The molecule has 0 saturated carbocycles. The molecule has 24 heavy (non-hydrogen) atoms. The summed E-state index contributed by atoms with van der Waals surface area (Å²) in [6.45, 7) is 1.73. The Morgan fingerprint density at radius 2 is 2.00 bits per heavy atom. The van der Waals surface area contributed by atoms with E-state index >= 15 is 0 Å². The molecule has 0 aromatic heterocycles. The number of carbonyl (C=O) groups excluding carboxylic acids is 1. The maximum atomic E-state index is 12.0. The van der Waals surface area contributed by atoms with Crippen LogP contribution in [-0.4, -0.2) is 30.4 Å². The Bertz CT molecular complexity index is 732. The van der Waals surface area contributed by atoms with Gasteiger partial charge in [-0.3, -0.25) is 4.79 Å². The van der Waals surface area contributed by atoms with Gasteiger partial charge in [-0.05, 0) is 43.3 Å². The number of nitrogens with one attached hydrogen (secondary N) is 2. The van der Waals surface area contributed by atoms with Crippen molar-refractivity contribution in [3.8, 4) is 11.5 Å². The molecule has 126 valence electrons. The van der Waals surface area contributed by atoms with E-state index in [1.54, 1.807) is 25.1 Å². The summed E-state index contributed by atoms with van der Waals surface area (Å²) in [7, 11) is 1.47. The lowest BCUT2D eigenvalue weighted by Crippen LogP contribution is -2.34. The van der Waals surface area contributed by atoms with Crippen LogP contribution in [0, 0.1) is 0 Å². The second-order valence-corrected chi connectivity index (χ2v) is 5.92. The van der Waals surface area contributed by atoms with E-state index in [1.165, 1.54) is 13.3 Å². The van der Waals surface area contributed by atoms with E-state index in [-0.39, 0.29) is 11.7 Å². The Labute approximate surface area is 148 Å². The smallest absolute Gasteiger partial charge is 0.262 e. The van der Waals surface area contributed by atoms with Crippen molar-refractivity contribution in [3.63, 3.8) is 0 Å². The van der Waals surface area contributed by atoms with Crippen LogP contribution in [0.5, 0.6) is 11.5 Å². The minimum absolute atomic E-state index is 0.0287. The molecule has 2 rings (SSSR count). The van der Waals surface area contributed by atoms with Gasteiger partial charge in [-0.2, -0.15) is 5.10 Å². The summed E-state index contributed by atoms with van der Waals surface area (Å²) in [5, 5.41) is 16.9. The summed E-state index contributed by atoms with van der Waals surface area (Å²) in [5.74, 6) is 0.0196. The van der Waals surface area contributed by atoms with Crippen molar-refractivity contribution < 1.29 is 14.6 Å². The molecule has 0 aliphatic heterocycles. The first-order valence-electron chi connectivity index (χ1n) is 7.22. The number of ether oxygens (including phenoxy) is 1. The Hall–Kier alpha value is -2.54. The quantitative estimate of drug-likeness (QED) is 0.521. The number of methoxy groups -OCH3 is 1. The van der Waals surface area contributed by atoms with Crippen LogP contribution in [0.2, 0.25) is 0 Å². The Balaban J connectivity index is 1.93. The number of benzene rings is 2. The maximum absolute atomic E-state index is 12.0. The highest BCUT2D eigenvalue weighted by Gasteiger charge is 2.11. The van der Waals surface area contributed by atoms with Gasteiger partial charge in [0.15, 0.2) is 11.5 Å². The van der Waals surface area contributed by atoms with Gasteiger partial charge >= 0.3 is 0 Å². The van der Waals surface area contributed by atoms with Gasteiger partial charge in [-0.15, -0.1) is 0 Å². The fourth-order valence-electron chi connectivity index (χ4n) is 1.93. The van der Waals surface area contributed by atoms with Gasteiger partial charge in [0.2, 0.25) is 0 Å². The summed E-state index contributed by atoms with van der Waals surface area (Å²) in [6, 6.07) is 12.1. The number of hydrogen-bond donors (Lipinski definition) is 3. The van der Waals surface area contributed by atoms with Gasteiger partial charge in [-0.25, -0.2) is 5.43 Å². The molecule has 0 heterocycles. The second kappa shape index (κ2) is 8.35. The molecule has 0 aliphatic carbocycles. The van der Waals surface area contributed by atoms with E-state index in [1.807, 2.05) is 24.3 Å². The van der Waals surface area contributed by atoms with Crippen molar-refractivity contribution in [2.75, 3.05) is 12.4 Å². The molecule has 0 bridgehead atoms. The van der Waals surface area contributed by atoms with Crippen LogP contribution in [0.25, 0.3) is 0 Å². The maximum Gasteiger partial charge on any atom is 0.262 e. The van der Waals surface area contributed by atoms with Gasteiger partial charge in [-0.1, -0.05) is 22.0 Å². The fraction of sp³-hybridized carbons (Fsp3) is 0.176. The summed E-state index contributed by atoms with van der Waals surface area (Å²) in [6.07, 6.45) is 1.36. The van der Waals surface area contributed by atoms with E-state index in [0.717, 1.165) is 10.2 Å². The molecule has 7 heteroatoms. The Morgan fingerprint density at radius 3 is 2.67 bits per heavy atom. The van der Waals surface area contributed by atoms with E-state index < -0.39 is 6.04 Å². The topological polar surface area (TPSA) is 83.0 Å². The van der Waals surface area contributed by atoms with Gasteiger partial charge in [0.1, 0.15) is 6.04 Å². The number of amides is 1. The zero-order chi connectivity index (χ0) is 17.5. The third-order valence-corrected chi connectivity index (χ3v) is 3.78. The number of aromatic hydroxyl groups is 1. The largest absolute Gasteiger partial charge is 0.504 e. The molecule has 0 saturated heterocycles. The molecule has 0 spiro atoms. The first-order valence-corrected chi connectivity index (χ1v) is 8.01. The van der Waals surface area contributed by atoms with Crippen LogP contribution in [-0.2, 0) is 4.79 Å². The van der Waals surface area contributed by atoms with Crippen LogP contribution in [0.1, 0.15) is 12.5 Å². The fourth-order valence-corrected chi connectivity index (χ4v) is 2.20. The van der Waals surface area contributed by atoms with E-state index in [9.17, 15) is 9.90 Å². The highest BCUT2D eigenvalue weighted by molar-refractivity contribution is 9.10. The highest BCUT2D eigenvalue weighted by atomic mass is 79.9. The van der Waals surface area contributed by atoms with Gasteiger partial charge in [0.05, 0.1) is 13.3 Å². The van der Waals surface area contributed by atoms with Crippen molar-refractivity contribution in [2.45, 2.75) is 13.0 Å². The molecule has 6 nitrogen and oxygen atoms in total. The number of carbonyl (C=O) groups is 1. The van der Waals surface area contributed by atoms with Crippen LogP contribution in [0.4, 0.5) is 5.69 Å². The van der Waals surface area contributed by atoms with Crippen LogP contribution in [0.3, 0.4) is 0 Å². The molecular formula is C17H18BrN3O3. The number of para-hydroxylation sites is 1. The molecule has 2 aromatic rings. The van der Waals surface area contributed by atoms with E-state index in [4.69, 9.17) is 4.74 Å². The normalized spacial score (nSPS) is 12.0. The third-order valence-electron chi connectivity index (χ3n) is 3.25. The lowest BCUT2D eigenvalue weighted by molar-refractivity contribution is -0.121. The molecule has 3 N–H and O–H groups in total. The number of nitrogens with zero attached hydrogens (tertiary/aromatic N) is 1. The summed E-state index contributed by atoms with van der Waals surface area (Å²) in [5.41, 5.74) is 3.71. The first-order chi connectivity index (χ1) is 11.5. The van der Waals surface area contributed by atoms with E-state index in [2.05, 4.69) is 31.8 Å². The van der Waals surface area contributed by atoms with Crippen molar-refractivity contribution in [2.24, 2.45) is 5.10 Å². The van der Waals surface area contributed by atoms with Crippen LogP contribution in [0.15, 0.2) is 52.0 Å². The summed E-state index contributed by atoms with van der Waals surface area (Å²) in [4.78, 5) is 12.0. The predicted molar refractivity (Wildman–Crippen MR) is 97.6 cm³/mol. The average molecular weight is 392 g/mol. The molecule has 1 atom stereocenters. The highest BCUT2D eigenvalue weighted by Crippen LogP contribution is 2.27. The second-order valence-electron chi connectivity index (χ2n) is 5.01. The van der Waals surface area contributed by atoms with Crippen molar-refractivity contribution >= 4 is 33.7 Å². The monoisotopic (exact) mass is 391 g/mol. The molecule has 0 aliphatic rings. The van der Waals surface area contributed by atoms with Crippen molar-refractivity contribution in [1.82, 2.24) is 5.43 Å². The van der Waals surface area contributed by atoms with Gasteiger partial charge < -0.3 is 15.2 Å². The SMILES string of the molecule is COc1cccc(C=NNC(=O)C(C)Nc2ccc(Br)cc2)c1O. The minimum Gasteiger partial charge on any atom is -0.504 e. The summed E-state index contributed by atoms with van der Waals surface area (Å²) < 4.78 is 5.98. The van der Waals surface area contributed by atoms with E-state index in [0.29, 0.717) is 11.3 Å². The summed E-state index contributed by atoms with van der Waals surface area (Å²) >= 11 is 3.36. The number of hydrazone groups is 1. The lowest BCUT2D eigenvalue weighted by Gasteiger charge is -2.13. The number of anilines is 1. The lowest BCUT2D eigenvalue weighted by atomic mass is 10.2. The van der Waals surface area contributed by atoms with Gasteiger partial charge in [0, 0.05) is 15.7 Å². The third kappa shape index (κ3) is 4.73. The Kier molecular flexibility index (Phi) is 6.20. The molecular weight excluding hydrogens is 374 g/mol. The number of phenols is 1. The molecule has 0 fully saturated rings. The van der Waals surface area contributed by atoms with Gasteiger partial charge in [0.25, 0.3) is 5.91 Å². The number of halogens is 1. The number of hydrogen-bond acceptors (Lipinski definition) is 5. The Morgan fingerprint density at radius 1 is 1.29 bits per heavy atom. The average Bonchev–Trinajstić information content (AvgIpc) is 2.58.